The fraction of sp³-hybridized carbons (Fsp3) is 0.217. The number of hydrogen-bond donors (Lipinski definition) is 1. The second-order valence-corrected chi connectivity index (χ2v) is 8.20. The van der Waals surface area contributed by atoms with Gasteiger partial charge >= 0.3 is 0 Å². The highest BCUT2D eigenvalue weighted by Gasteiger charge is 2.13. The lowest BCUT2D eigenvalue weighted by atomic mass is 10.1. The van der Waals surface area contributed by atoms with Crippen LogP contribution in [0.5, 0.6) is 11.5 Å². The van der Waals surface area contributed by atoms with Gasteiger partial charge in [-0.05, 0) is 63.8 Å². The van der Waals surface area contributed by atoms with Gasteiger partial charge in [-0.25, -0.2) is 0 Å². The normalized spacial score (nSPS) is 10.7. The van der Waals surface area contributed by atoms with Gasteiger partial charge in [-0.2, -0.15) is 0 Å². The summed E-state index contributed by atoms with van der Waals surface area (Å²) in [6.45, 7) is 3.14. The maximum atomic E-state index is 6.24. The number of anilines is 1. The minimum absolute atomic E-state index is 0.312. The summed E-state index contributed by atoms with van der Waals surface area (Å²) >= 11 is 15.8. The Morgan fingerprint density at radius 1 is 1.00 bits per heavy atom. The molecule has 1 N–H and O–H groups in total. The molecule has 0 heterocycles. The van der Waals surface area contributed by atoms with Crippen LogP contribution in [-0.2, 0) is 19.6 Å². The number of rotatable bonds is 8. The Labute approximate surface area is 190 Å². The standard InChI is InChI=1S/C23H22BrCl2NO2/c1-3-16-6-4-5-7-21(16)27-13-15-10-19(24)23(22(11-15)28-2)29-14-17-8-9-18(25)12-20(17)26/h4-12,27H,3,13-14H2,1-2H3. The van der Waals surface area contributed by atoms with Gasteiger partial charge in [0.25, 0.3) is 0 Å². The number of nitrogens with one attached hydrogen (secondary N) is 1. The summed E-state index contributed by atoms with van der Waals surface area (Å²) in [5.41, 5.74) is 4.37. The summed E-state index contributed by atoms with van der Waals surface area (Å²) in [5.74, 6) is 1.29. The Hall–Kier alpha value is -1.88. The van der Waals surface area contributed by atoms with E-state index in [1.54, 1.807) is 19.2 Å². The van der Waals surface area contributed by atoms with E-state index in [0.717, 1.165) is 27.7 Å². The summed E-state index contributed by atoms with van der Waals surface area (Å²) in [7, 11) is 1.63. The van der Waals surface area contributed by atoms with Crippen molar-refractivity contribution in [3.05, 3.63) is 85.8 Å². The Morgan fingerprint density at radius 3 is 2.52 bits per heavy atom. The molecule has 152 valence electrons. The molecule has 0 saturated carbocycles. The number of halogens is 3. The van der Waals surface area contributed by atoms with Gasteiger partial charge < -0.3 is 14.8 Å². The van der Waals surface area contributed by atoms with Gasteiger partial charge in [0.05, 0.1) is 11.6 Å². The quantitative estimate of drug-likeness (QED) is 0.351. The highest BCUT2D eigenvalue weighted by Crippen LogP contribution is 2.38. The number of aryl methyl sites for hydroxylation is 1. The zero-order valence-corrected chi connectivity index (χ0v) is 19.4. The van der Waals surface area contributed by atoms with E-state index < -0.39 is 0 Å². The molecule has 0 spiro atoms. The van der Waals surface area contributed by atoms with Gasteiger partial charge in [-0.1, -0.05) is 54.4 Å². The number of para-hydroxylation sites is 1. The van der Waals surface area contributed by atoms with Crippen molar-refractivity contribution in [1.82, 2.24) is 0 Å². The van der Waals surface area contributed by atoms with Crippen molar-refractivity contribution in [2.24, 2.45) is 0 Å². The fourth-order valence-corrected chi connectivity index (χ4v) is 4.07. The van der Waals surface area contributed by atoms with Gasteiger partial charge in [0, 0.05) is 27.8 Å². The molecule has 0 aliphatic carbocycles. The average Bonchev–Trinajstić information content (AvgIpc) is 2.72. The van der Waals surface area contributed by atoms with E-state index in [-0.39, 0.29) is 0 Å². The lowest BCUT2D eigenvalue weighted by Gasteiger charge is -2.16. The molecule has 3 rings (SSSR count). The summed E-state index contributed by atoms with van der Waals surface area (Å²) in [6, 6.07) is 17.7. The Morgan fingerprint density at radius 2 is 1.79 bits per heavy atom. The largest absolute Gasteiger partial charge is 0.493 e. The van der Waals surface area contributed by atoms with E-state index in [2.05, 4.69) is 46.4 Å². The summed E-state index contributed by atoms with van der Waals surface area (Å²) < 4.78 is 12.4. The molecule has 0 fully saturated rings. The van der Waals surface area contributed by atoms with Crippen molar-refractivity contribution in [1.29, 1.82) is 0 Å². The third-order valence-electron chi connectivity index (χ3n) is 4.56. The minimum Gasteiger partial charge on any atom is -0.493 e. The van der Waals surface area contributed by atoms with E-state index in [1.165, 1.54) is 5.56 Å². The second-order valence-electron chi connectivity index (χ2n) is 6.50. The second kappa shape index (κ2) is 10.2. The number of ether oxygens (including phenoxy) is 2. The predicted octanol–water partition coefficient (Wildman–Crippen LogP) is 7.52. The zero-order valence-electron chi connectivity index (χ0n) is 16.3. The molecule has 3 aromatic carbocycles. The predicted molar refractivity (Wildman–Crippen MR) is 125 cm³/mol. The van der Waals surface area contributed by atoms with Crippen molar-refractivity contribution in [3.8, 4) is 11.5 Å². The first-order chi connectivity index (χ1) is 14.0. The van der Waals surface area contributed by atoms with Crippen LogP contribution in [0.15, 0.2) is 59.1 Å². The minimum atomic E-state index is 0.312. The van der Waals surface area contributed by atoms with E-state index in [4.69, 9.17) is 32.7 Å². The SMILES string of the molecule is CCc1ccccc1NCc1cc(Br)c(OCc2ccc(Cl)cc2Cl)c(OC)c1. The van der Waals surface area contributed by atoms with Crippen molar-refractivity contribution in [2.75, 3.05) is 12.4 Å². The molecular weight excluding hydrogens is 473 g/mol. The van der Waals surface area contributed by atoms with Crippen molar-refractivity contribution in [3.63, 3.8) is 0 Å². The van der Waals surface area contributed by atoms with E-state index >= 15 is 0 Å². The third kappa shape index (κ3) is 5.59. The summed E-state index contributed by atoms with van der Waals surface area (Å²) in [6.07, 6.45) is 0.982. The number of hydrogen-bond acceptors (Lipinski definition) is 3. The monoisotopic (exact) mass is 493 g/mol. The lowest BCUT2D eigenvalue weighted by Crippen LogP contribution is -2.04. The van der Waals surface area contributed by atoms with Crippen LogP contribution in [0.3, 0.4) is 0 Å². The lowest BCUT2D eigenvalue weighted by molar-refractivity contribution is 0.282. The molecule has 0 aromatic heterocycles. The van der Waals surface area contributed by atoms with E-state index in [9.17, 15) is 0 Å². The Bertz CT molecular complexity index is 995. The smallest absolute Gasteiger partial charge is 0.175 e. The van der Waals surface area contributed by atoms with Crippen LogP contribution in [0, 0.1) is 0 Å². The number of methoxy groups -OCH3 is 1. The van der Waals surface area contributed by atoms with Crippen LogP contribution < -0.4 is 14.8 Å². The van der Waals surface area contributed by atoms with Gasteiger partial charge in [-0.15, -0.1) is 0 Å². The first kappa shape index (κ1) is 21.8. The molecule has 0 aliphatic heterocycles. The fourth-order valence-electron chi connectivity index (χ4n) is 3.00. The van der Waals surface area contributed by atoms with Crippen LogP contribution in [0.4, 0.5) is 5.69 Å². The van der Waals surface area contributed by atoms with Crippen molar-refractivity contribution < 1.29 is 9.47 Å². The molecule has 0 atom stereocenters. The highest BCUT2D eigenvalue weighted by molar-refractivity contribution is 9.10. The molecule has 29 heavy (non-hydrogen) atoms. The number of benzene rings is 3. The van der Waals surface area contributed by atoms with Crippen LogP contribution in [0.1, 0.15) is 23.6 Å². The Kier molecular flexibility index (Phi) is 7.70. The van der Waals surface area contributed by atoms with Crippen LogP contribution in [-0.4, -0.2) is 7.11 Å². The van der Waals surface area contributed by atoms with Crippen LogP contribution >= 0.6 is 39.1 Å². The maximum absolute atomic E-state index is 6.24. The first-order valence-electron chi connectivity index (χ1n) is 9.26. The van der Waals surface area contributed by atoms with Crippen LogP contribution in [0.25, 0.3) is 0 Å². The van der Waals surface area contributed by atoms with E-state index in [0.29, 0.717) is 34.7 Å². The molecule has 0 radical (unpaired) electrons. The van der Waals surface area contributed by atoms with Gasteiger partial charge in [0.1, 0.15) is 6.61 Å². The van der Waals surface area contributed by atoms with Crippen LogP contribution in [0.2, 0.25) is 10.0 Å². The van der Waals surface area contributed by atoms with Gasteiger partial charge in [-0.3, -0.25) is 0 Å². The molecule has 0 aliphatic rings. The third-order valence-corrected chi connectivity index (χ3v) is 5.73. The molecule has 3 nitrogen and oxygen atoms in total. The van der Waals surface area contributed by atoms with Crippen molar-refractivity contribution in [2.45, 2.75) is 26.5 Å². The Balaban J connectivity index is 1.75. The van der Waals surface area contributed by atoms with E-state index in [1.807, 2.05) is 24.3 Å². The molecule has 3 aromatic rings. The maximum Gasteiger partial charge on any atom is 0.175 e. The van der Waals surface area contributed by atoms with Crippen molar-refractivity contribution >= 4 is 44.8 Å². The molecule has 0 bridgehead atoms. The molecule has 0 saturated heterocycles. The van der Waals surface area contributed by atoms with Gasteiger partial charge in [0.15, 0.2) is 11.5 Å². The first-order valence-corrected chi connectivity index (χ1v) is 10.8. The molecule has 0 amide bonds. The average molecular weight is 495 g/mol. The summed E-state index contributed by atoms with van der Waals surface area (Å²) in [4.78, 5) is 0. The molecule has 0 unspecified atom stereocenters. The zero-order chi connectivity index (χ0) is 20.8. The van der Waals surface area contributed by atoms with Gasteiger partial charge in [0.2, 0.25) is 0 Å². The highest BCUT2D eigenvalue weighted by atomic mass is 79.9. The molecular formula is C23H22BrCl2NO2. The summed E-state index contributed by atoms with van der Waals surface area (Å²) in [5, 5.41) is 4.67. The molecule has 6 heteroatoms. The topological polar surface area (TPSA) is 30.5 Å².